The minimum atomic E-state index is 0.339. The lowest BCUT2D eigenvalue weighted by Gasteiger charge is -2.39. The van der Waals surface area contributed by atoms with E-state index in [2.05, 4.69) is 36.0 Å². The number of likely N-dealkylation sites (N-methyl/N-ethyl adjacent to an activating group) is 2. The van der Waals surface area contributed by atoms with Crippen LogP contribution in [0.15, 0.2) is 0 Å². The minimum absolute atomic E-state index is 0.339. The molecule has 0 aromatic carbocycles. The highest BCUT2D eigenvalue weighted by molar-refractivity contribution is 4.83. The van der Waals surface area contributed by atoms with Crippen LogP contribution in [0.25, 0.3) is 0 Å². The van der Waals surface area contributed by atoms with Gasteiger partial charge >= 0.3 is 0 Å². The number of piperidine rings is 3. The fourth-order valence-corrected chi connectivity index (χ4v) is 5.48. The van der Waals surface area contributed by atoms with Crippen molar-refractivity contribution in [2.45, 2.75) is 64.3 Å². The van der Waals surface area contributed by atoms with E-state index in [1.165, 1.54) is 32.4 Å². The monoisotopic (exact) mass is 425 g/mol. The first-order valence-electron chi connectivity index (χ1n) is 12.5. The molecule has 0 saturated carbocycles. The molecule has 6 atom stereocenters. The molecule has 0 aromatic rings. The third-order valence-electron chi connectivity index (χ3n) is 7.83. The molecule has 3 saturated heterocycles. The van der Waals surface area contributed by atoms with Gasteiger partial charge in [-0.25, -0.2) is 0 Å². The Balaban J connectivity index is 1.40. The van der Waals surface area contributed by atoms with Gasteiger partial charge in [-0.15, -0.1) is 0 Å². The van der Waals surface area contributed by atoms with Gasteiger partial charge in [-0.1, -0.05) is 13.8 Å². The number of nitrogens with one attached hydrogen (secondary N) is 1. The highest BCUT2D eigenvalue weighted by Crippen LogP contribution is 2.27. The predicted octanol–water partition coefficient (Wildman–Crippen LogP) is 2.47. The maximum absolute atomic E-state index is 6.50. The number of hydrogen-bond acceptors (Lipinski definition) is 6. The normalized spacial score (nSPS) is 36.8. The third kappa shape index (κ3) is 7.14. The van der Waals surface area contributed by atoms with E-state index < -0.39 is 0 Å². The van der Waals surface area contributed by atoms with Gasteiger partial charge in [-0.3, -0.25) is 0 Å². The summed E-state index contributed by atoms with van der Waals surface area (Å²) < 4.78 is 18.6. The van der Waals surface area contributed by atoms with E-state index in [4.69, 9.17) is 14.2 Å². The second-order valence-electron chi connectivity index (χ2n) is 9.89. The van der Waals surface area contributed by atoms with E-state index in [0.717, 1.165) is 58.8 Å². The van der Waals surface area contributed by atoms with Crippen LogP contribution < -0.4 is 5.32 Å². The van der Waals surface area contributed by atoms with Crippen molar-refractivity contribution in [3.63, 3.8) is 0 Å². The van der Waals surface area contributed by atoms with E-state index in [0.29, 0.717) is 36.1 Å². The van der Waals surface area contributed by atoms with E-state index >= 15 is 0 Å². The van der Waals surface area contributed by atoms with E-state index in [9.17, 15) is 0 Å². The van der Waals surface area contributed by atoms with Crippen LogP contribution in [-0.4, -0.2) is 101 Å². The molecule has 30 heavy (non-hydrogen) atoms. The first-order chi connectivity index (χ1) is 14.6. The molecule has 3 aliphatic heterocycles. The Bertz CT molecular complexity index is 481. The summed E-state index contributed by atoms with van der Waals surface area (Å²) in [5.74, 6) is 1.91. The van der Waals surface area contributed by atoms with Crippen molar-refractivity contribution in [3.8, 4) is 0 Å². The Kier molecular flexibility index (Phi) is 10.3. The highest BCUT2D eigenvalue weighted by atomic mass is 16.5. The summed E-state index contributed by atoms with van der Waals surface area (Å²) in [6.45, 7) is 14.0. The van der Waals surface area contributed by atoms with Crippen LogP contribution in [-0.2, 0) is 14.2 Å². The summed E-state index contributed by atoms with van der Waals surface area (Å²) in [6.07, 6.45) is 6.98. The SMILES string of the molecule is CCN1CC[C@@H](CCO[C@H]2CN(C)CCC2CCO[C@H]2CNCCC2C)[C@@H](OC)C1. The van der Waals surface area contributed by atoms with E-state index in [1.54, 1.807) is 0 Å². The molecular weight excluding hydrogens is 378 g/mol. The molecule has 0 aromatic heterocycles. The van der Waals surface area contributed by atoms with Crippen LogP contribution >= 0.6 is 0 Å². The van der Waals surface area contributed by atoms with Gasteiger partial charge in [-0.2, -0.15) is 0 Å². The largest absolute Gasteiger partial charge is 0.380 e. The molecule has 6 nitrogen and oxygen atoms in total. The molecule has 0 spiro atoms. The van der Waals surface area contributed by atoms with Crippen LogP contribution in [0.3, 0.4) is 0 Å². The molecule has 176 valence electrons. The molecule has 6 heteroatoms. The first kappa shape index (κ1) is 24.4. The Morgan fingerprint density at radius 3 is 2.30 bits per heavy atom. The van der Waals surface area contributed by atoms with Gasteiger partial charge in [0.1, 0.15) is 0 Å². The van der Waals surface area contributed by atoms with Crippen LogP contribution in [0.2, 0.25) is 0 Å². The molecular formula is C24H47N3O3. The summed E-state index contributed by atoms with van der Waals surface area (Å²) in [5.41, 5.74) is 0. The summed E-state index contributed by atoms with van der Waals surface area (Å²) in [5, 5.41) is 3.47. The van der Waals surface area contributed by atoms with Crippen molar-refractivity contribution in [2.24, 2.45) is 17.8 Å². The quantitative estimate of drug-likeness (QED) is 0.580. The lowest BCUT2D eigenvalue weighted by Crippen LogP contribution is -2.46. The molecule has 0 aliphatic carbocycles. The number of ether oxygens (including phenoxy) is 3. The second-order valence-corrected chi connectivity index (χ2v) is 9.89. The van der Waals surface area contributed by atoms with E-state index in [1.807, 2.05) is 7.11 Å². The summed E-state index contributed by atoms with van der Waals surface area (Å²) in [4.78, 5) is 4.92. The smallest absolute Gasteiger partial charge is 0.0731 e. The summed E-state index contributed by atoms with van der Waals surface area (Å²) >= 11 is 0. The molecule has 3 heterocycles. The number of rotatable bonds is 10. The Morgan fingerprint density at radius 2 is 1.60 bits per heavy atom. The zero-order valence-corrected chi connectivity index (χ0v) is 20.0. The van der Waals surface area contributed by atoms with Gasteiger partial charge in [0.05, 0.1) is 18.3 Å². The predicted molar refractivity (Wildman–Crippen MR) is 122 cm³/mol. The fourth-order valence-electron chi connectivity index (χ4n) is 5.48. The Morgan fingerprint density at radius 1 is 0.900 bits per heavy atom. The lowest BCUT2D eigenvalue weighted by molar-refractivity contribution is -0.0672. The van der Waals surface area contributed by atoms with Gasteiger partial charge in [0.25, 0.3) is 0 Å². The van der Waals surface area contributed by atoms with Gasteiger partial charge in [0.15, 0.2) is 0 Å². The third-order valence-corrected chi connectivity index (χ3v) is 7.83. The second kappa shape index (κ2) is 12.7. The van der Waals surface area contributed by atoms with Gasteiger partial charge in [-0.05, 0) is 83.1 Å². The average Bonchev–Trinajstić information content (AvgIpc) is 2.76. The number of likely N-dealkylation sites (tertiary alicyclic amines) is 2. The van der Waals surface area contributed by atoms with Crippen LogP contribution in [0.4, 0.5) is 0 Å². The highest BCUT2D eigenvalue weighted by Gasteiger charge is 2.31. The van der Waals surface area contributed by atoms with Crippen molar-refractivity contribution in [1.82, 2.24) is 15.1 Å². The molecule has 0 radical (unpaired) electrons. The molecule has 2 unspecified atom stereocenters. The van der Waals surface area contributed by atoms with Crippen LogP contribution in [0, 0.1) is 17.8 Å². The van der Waals surface area contributed by atoms with Gasteiger partial charge < -0.3 is 29.3 Å². The van der Waals surface area contributed by atoms with Crippen molar-refractivity contribution < 1.29 is 14.2 Å². The molecule has 3 aliphatic rings. The van der Waals surface area contributed by atoms with Crippen LogP contribution in [0.5, 0.6) is 0 Å². The lowest BCUT2D eigenvalue weighted by atomic mass is 9.89. The van der Waals surface area contributed by atoms with Crippen molar-refractivity contribution in [2.75, 3.05) is 73.2 Å². The molecule has 1 N–H and O–H groups in total. The zero-order valence-electron chi connectivity index (χ0n) is 20.0. The van der Waals surface area contributed by atoms with E-state index in [-0.39, 0.29) is 0 Å². The Labute approximate surface area is 185 Å². The molecule has 0 bridgehead atoms. The van der Waals surface area contributed by atoms with Crippen molar-refractivity contribution in [1.29, 1.82) is 0 Å². The molecule has 3 fully saturated rings. The summed E-state index contributed by atoms with van der Waals surface area (Å²) in [7, 11) is 4.09. The average molecular weight is 426 g/mol. The molecule has 3 rings (SSSR count). The Hall–Kier alpha value is -0.240. The number of nitrogens with zero attached hydrogens (tertiary/aromatic N) is 2. The number of hydrogen-bond donors (Lipinski definition) is 1. The van der Waals surface area contributed by atoms with Crippen molar-refractivity contribution >= 4 is 0 Å². The standard InChI is InChI=1S/C24H47N3O3/c1-5-27-13-8-20(23(18-27)28-4)9-15-30-24-17-26(3)12-7-21(24)10-14-29-22-16-25-11-6-19(22)2/h19-25H,5-18H2,1-4H3/t19?,20-,21?,22-,23-,24-/m0/s1. The zero-order chi connectivity index (χ0) is 21.3. The molecule has 0 amide bonds. The fraction of sp³-hybridized carbons (Fsp3) is 1.00. The topological polar surface area (TPSA) is 46.2 Å². The van der Waals surface area contributed by atoms with Gasteiger partial charge in [0, 0.05) is 40.0 Å². The maximum atomic E-state index is 6.50. The first-order valence-corrected chi connectivity index (χ1v) is 12.5. The summed E-state index contributed by atoms with van der Waals surface area (Å²) in [6, 6.07) is 0. The van der Waals surface area contributed by atoms with Crippen molar-refractivity contribution in [3.05, 3.63) is 0 Å². The van der Waals surface area contributed by atoms with Gasteiger partial charge in [0.2, 0.25) is 0 Å². The van der Waals surface area contributed by atoms with Crippen LogP contribution in [0.1, 0.15) is 46.0 Å². The number of methoxy groups -OCH3 is 1. The maximum Gasteiger partial charge on any atom is 0.0731 e. The minimum Gasteiger partial charge on any atom is -0.380 e.